The van der Waals surface area contributed by atoms with E-state index in [1.807, 2.05) is 32.2 Å². The molecule has 0 bridgehead atoms. The van der Waals surface area contributed by atoms with Crippen molar-refractivity contribution in [1.82, 2.24) is 15.2 Å². The molecule has 30 heavy (non-hydrogen) atoms. The molecule has 0 radical (unpaired) electrons. The predicted octanol–water partition coefficient (Wildman–Crippen LogP) is 4.60. The molecular formula is C23H22F3N3O. The summed E-state index contributed by atoms with van der Waals surface area (Å²) in [6.07, 6.45) is -2.85. The zero-order valence-electron chi connectivity index (χ0n) is 16.7. The van der Waals surface area contributed by atoms with Gasteiger partial charge in [-0.2, -0.15) is 13.2 Å². The Labute approximate surface area is 172 Å². The molecule has 2 heterocycles. The van der Waals surface area contributed by atoms with Crippen LogP contribution in [0.2, 0.25) is 0 Å². The lowest BCUT2D eigenvalue weighted by molar-refractivity contribution is -0.137. The standard InChI is InChI=1S/C23H22F3N3O/c1-14(18-12-29(2)13-18)28-22(30)17-10-16-4-3-5-20(21(16)27-11-17)15-6-8-19(9-7-15)23(24,25)26/h3-11,14,18H,12-13H2,1-2H3,(H,28,30)/t14-/m1/s1. The second-order valence-corrected chi connectivity index (χ2v) is 7.92. The third kappa shape index (κ3) is 4.03. The third-order valence-electron chi connectivity index (χ3n) is 5.65. The van der Waals surface area contributed by atoms with Crippen LogP contribution >= 0.6 is 0 Å². The Morgan fingerprint density at radius 2 is 1.87 bits per heavy atom. The fourth-order valence-electron chi connectivity index (χ4n) is 3.83. The number of fused-ring (bicyclic) bond motifs is 1. The molecular weight excluding hydrogens is 391 g/mol. The van der Waals surface area contributed by atoms with E-state index in [-0.39, 0.29) is 11.9 Å². The van der Waals surface area contributed by atoms with Crippen LogP contribution in [0.25, 0.3) is 22.0 Å². The first-order valence-corrected chi connectivity index (χ1v) is 9.78. The first-order chi connectivity index (χ1) is 14.2. The maximum atomic E-state index is 12.8. The van der Waals surface area contributed by atoms with Crippen LogP contribution in [0.15, 0.2) is 54.7 Å². The van der Waals surface area contributed by atoms with Gasteiger partial charge in [-0.3, -0.25) is 9.78 Å². The van der Waals surface area contributed by atoms with E-state index >= 15 is 0 Å². The van der Waals surface area contributed by atoms with Crippen molar-refractivity contribution in [2.75, 3.05) is 20.1 Å². The largest absolute Gasteiger partial charge is 0.416 e. The van der Waals surface area contributed by atoms with Crippen LogP contribution in [0, 0.1) is 5.92 Å². The van der Waals surface area contributed by atoms with Crippen molar-refractivity contribution in [3.8, 4) is 11.1 Å². The maximum absolute atomic E-state index is 12.8. The minimum atomic E-state index is -4.37. The molecule has 4 nitrogen and oxygen atoms in total. The number of para-hydroxylation sites is 1. The number of hydrogen-bond acceptors (Lipinski definition) is 3. The van der Waals surface area contributed by atoms with E-state index in [1.54, 1.807) is 6.07 Å². The number of benzene rings is 2. The number of rotatable bonds is 4. The number of likely N-dealkylation sites (tertiary alicyclic amines) is 1. The van der Waals surface area contributed by atoms with Crippen molar-refractivity contribution in [2.24, 2.45) is 5.92 Å². The molecule has 0 saturated carbocycles. The molecule has 1 saturated heterocycles. The van der Waals surface area contributed by atoms with Crippen LogP contribution in [0.1, 0.15) is 22.8 Å². The molecule has 1 fully saturated rings. The number of aromatic nitrogens is 1. The Kier molecular flexibility index (Phi) is 5.24. The summed E-state index contributed by atoms with van der Waals surface area (Å²) in [4.78, 5) is 19.3. The molecule has 4 rings (SSSR count). The van der Waals surface area contributed by atoms with Crippen LogP contribution in [-0.4, -0.2) is 42.0 Å². The topological polar surface area (TPSA) is 45.2 Å². The number of nitrogens with one attached hydrogen (secondary N) is 1. The summed E-state index contributed by atoms with van der Waals surface area (Å²) < 4.78 is 38.5. The molecule has 0 spiro atoms. The predicted molar refractivity (Wildman–Crippen MR) is 110 cm³/mol. The van der Waals surface area contributed by atoms with Gasteiger partial charge in [-0.05, 0) is 37.7 Å². The highest BCUT2D eigenvalue weighted by Gasteiger charge is 2.30. The molecule has 1 aromatic heterocycles. The number of alkyl halides is 3. The maximum Gasteiger partial charge on any atom is 0.416 e. The van der Waals surface area contributed by atoms with Gasteiger partial charge in [0.1, 0.15) is 0 Å². The Morgan fingerprint density at radius 3 is 2.50 bits per heavy atom. The normalized spacial score (nSPS) is 16.3. The highest BCUT2D eigenvalue weighted by molar-refractivity contribution is 6.00. The number of nitrogens with zero attached hydrogens (tertiary/aromatic N) is 2. The van der Waals surface area contributed by atoms with E-state index in [0.717, 1.165) is 36.2 Å². The van der Waals surface area contributed by atoms with Gasteiger partial charge < -0.3 is 10.2 Å². The molecule has 1 aliphatic rings. The molecule has 0 aliphatic carbocycles. The highest BCUT2D eigenvalue weighted by atomic mass is 19.4. The van der Waals surface area contributed by atoms with E-state index in [1.165, 1.54) is 18.3 Å². The van der Waals surface area contributed by atoms with Gasteiger partial charge in [0.2, 0.25) is 0 Å². The summed E-state index contributed by atoms with van der Waals surface area (Å²) in [6.45, 7) is 3.94. The van der Waals surface area contributed by atoms with Gasteiger partial charge in [0.25, 0.3) is 5.91 Å². The first-order valence-electron chi connectivity index (χ1n) is 9.78. The van der Waals surface area contributed by atoms with Gasteiger partial charge in [-0.15, -0.1) is 0 Å². The zero-order valence-corrected chi connectivity index (χ0v) is 16.7. The van der Waals surface area contributed by atoms with Gasteiger partial charge in [0.15, 0.2) is 0 Å². The molecule has 1 atom stereocenters. The number of halogens is 3. The van der Waals surface area contributed by atoms with Crippen molar-refractivity contribution in [2.45, 2.75) is 19.1 Å². The van der Waals surface area contributed by atoms with Gasteiger partial charge >= 0.3 is 6.18 Å². The van der Waals surface area contributed by atoms with Crippen LogP contribution < -0.4 is 5.32 Å². The van der Waals surface area contributed by atoms with E-state index in [2.05, 4.69) is 15.2 Å². The van der Waals surface area contributed by atoms with E-state index < -0.39 is 11.7 Å². The van der Waals surface area contributed by atoms with Crippen molar-refractivity contribution in [3.05, 3.63) is 65.9 Å². The summed E-state index contributed by atoms with van der Waals surface area (Å²) in [5, 5.41) is 3.80. The minimum absolute atomic E-state index is 0.0721. The average molecular weight is 413 g/mol. The van der Waals surface area contributed by atoms with Gasteiger partial charge in [0.05, 0.1) is 16.6 Å². The second kappa shape index (κ2) is 7.72. The Bertz CT molecular complexity index is 1070. The lowest BCUT2D eigenvalue weighted by atomic mass is 9.93. The molecule has 1 aliphatic heterocycles. The summed E-state index contributed by atoms with van der Waals surface area (Å²) in [5.41, 5.74) is 1.78. The third-order valence-corrected chi connectivity index (χ3v) is 5.65. The van der Waals surface area contributed by atoms with Crippen molar-refractivity contribution in [1.29, 1.82) is 0 Å². The summed E-state index contributed by atoms with van der Waals surface area (Å²) in [6, 6.07) is 12.3. The van der Waals surface area contributed by atoms with Crippen LogP contribution in [0.5, 0.6) is 0 Å². The van der Waals surface area contributed by atoms with Gasteiger partial charge in [-0.25, -0.2) is 0 Å². The van der Waals surface area contributed by atoms with Gasteiger partial charge in [-0.1, -0.05) is 30.3 Å². The van der Waals surface area contributed by atoms with E-state index in [9.17, 15) is 18.0 Å². The SMILES string of the molecule is C[C@@H](NC(=O)c1cnc2c(-c3ccc(C(F)(F)F)cc3)cccc2c1)C1CN(C)C1. The number of hydrogen-bond donors (Lipinski definition) is 1. The Morgan fingerprint density at radius 1 is 1.17 bits per heavy atom. The van der Waals surface area contributed by atoms with E-state index in [4.69, 9.17) is 0 Å². The summed E-state index contributed by atoms with van der Waals surface area (Å²) in [5.74, 6) is 0.269. The van der Waals surface area contributed by atoms with Crippen molar-refractivity contribution < 1.29 is 18.0 Å². The molecule has 3 aromatic rings. The number of carbonyl (C=O) groups is 1. The van der Waals surface area contributed by atoms with Crippen LogP contribution in [-0.2, 0) is 6.18 Å². The van der Waals surface area contributed by atoms with Crippen molar-refractivity contribution in [3.63, 3.8) is 0 Å². The number of amides is 1. The smallest absolute Gasteiger partial charge is 0.349 e. The summed E-state index contributed by atoms with van der Waals surface area (Å²) >= 11 is 0. The molecule has 0 unspecified atom stereocenters. The summed E-state index contributed by atoms with van der Waals surface area (Å²) in [7, 11) is 2.05. The Hall–Kier alpha value is -2.93. The lowest BCUT2D eigenvalue weighted by Crippen LogP contribution is -2.53. The highest BCUT2D eigenvalue weighted by Crippen LogP contribution is 2.33. The fourth-order valence-corrected chi connectivity index (χ4v) is 3.83. The van der Waals surface area contributed by atoms with Gasteiger partial charge in [0, 0.05) is 42.2 Å². The quantitative estimate of drug-likeness (QED) is 0.680. The average Bonchev–Trinajstić information content (AvgIpc) is 2.70. The molecule has 156 valence electrons. The van der Waals surface area contributed by atoms with Crippen molar-refractivity contribution >= 4 is 16.8 Å². The number of pyridine rings is 1. The first kappa shape index (κ1) is 20.3. The monoisotopic (exact) mass is 413 g/mol. The molecule has 7 heteroatoms. The van der Waals surface area contributed by atoms with Crippen LogP contribution in [0.3, 0.4) is 0 Å². The minimum Gasteiger partial charge on any atom is -0.349 e. The fraction of sp³-hybridized carbons (Fsp3) is 0.304. The molecule has 1 N–H and O–H groups in total. The number of carbonyl (C=O) groups excluding carboxylic acids is 1. The Balaban J connectivity index is 1.58. The molecule has 2 aromatic carbocycles. The molecule has 1 amide bonds. The second-order valence-electron chi connectivity index (χ2n) is 7.92. The van der Waals surface area contributed by atoms with E-state index in [0.29, 0.717) is 22.6 Å². The zero-order chi connectivity index (χ0) is 21.5. The lowest BCUT2D eigenvalue weighted by Gasteiger charge is -2.40. The van der Waals surface area contributed by atoms with Crippen LogP contribution in [0.4, 0.5) is 13.2 Å².